The van der Waals surface area contributed by atoms with Gasteiger partial charge in [-0.3, -0.25) is 0 Å². The number of anilines is 1. The van der Waals surface area contributed by atoms with Crippen molar-refractivity contribution in [2.75, 3.05) is 11.6 Å². The van der Waals surface area contributed by atoms with Crippen molar-refractivity contribution < 1.29 is 8.42 Å². The standard InChI is InChI=1S/C16H25NO2S/c1-16(2,3)12-8-10-13(11-9-12)17-14-6-5-7-15(14)20(4,18)19/h8-11,14-15,17H,5-7H2,1-4H3. The second-order valence-electron chi connectivity index (χ2n) is 6.88. The second kappa shape index (κ2) is 5.40. The third kappa shape index (κ3) is 3.54. The van der Waals surface area contributed by atoms with Gasteiger partial charge in [-0.1, -0.05) is 32.9 Å². The van der Waals surface area contributed by atoms with E-state index in [1.165, 1.54) is 11.8 Å². The van der Waals surface area contributed by atoms with E-state index in [9.17, 15) is 8.42 Å². The highest BCUT2D eigenvalue weighted by Gasteiger charge is 2.34. The van der Waals surface area contributed by atoms with Crippen LogP contribution >= 0.6 is 0 Å². The lowest BCUT2D eigenvalue weighted by molar-refractivity contribution is 0.579. The van der Waals surface area contributed by atoms with Crippen molar-refractivity contribution in [2.24, 2.45) is 0 Å². The van der Waals surface area contributed by atoms with E-state index in [0.717, 1.165) is 24.9 Å². The molecule has 1 saturated carbocycles. The summed E-state index contributed by atoms with van der Waals surface area (Å²) in [5.74, 6) is 0. The summed E-state index contributed by atoms with van der Waals surface area (Å²) < 4.78 is 23.6. The Labute approximate surface area is 122 Å². The van der Waals surface area contributed by atoms with Crippen LogP contribution in [-0.4, -0.2) is 26.0 Å². The van der Waals surface area contributed by atoms with E-state index in [2.05, 4.69) is 50.4 Å². The molecule has 3 nitrogen and oxygen atoms in total. The molecule has 1 aromatic carbocycles. The van der Waals surface area contributed by atoms with Gasteiger partial charge in [0.25, 0.3) is 0 Å². The molecule has 1 N–H and O–H groups in total. The van der Waals surface area contributed by atoms with Crippen LogP contribution in [0.2, 0.25) is 0 Å². The zero-order valence-corrected chi connectivity index (χ0v) is 13.6. The van der Waals surface area contributed by atoms with Gasteiger partial charge in [-0.15, -0.1) is 0 Å². The van der Waals surface area contributed by atoms with Crippen LogP contribution in [0.4, 0.5) is 5.69 Å². The molecule has 1 fully saturated rings. The molecule has 112 valence electrons. The number of hydrogen-bond donors (Lipinski definition) is 1. The highest BCUT2D eigenvalue weighted by atomic mass is 32.2. The maximum Gasteiger partial charge on any atom is 0.152 e. The van der Waals surface area contributed by atoms with Crippen LogP contribution in [0.1, 0.15) is 45.6 Å². The zero-order valence-electron chi connectivity index (χ0n) is 12.8. The maximum atomic E-state index is 11.8. The Morgan fingerprint density at radius 3 is 2.20 bits per heavy atom. The Balaban J connectivity index is 2.11. The third-order valence-electron chi connectivity index (χ3n) is 4.11. The minimum absolute atomic E-state index is 0.0467. The van der Waals surface area contributed by atoms with E-state index in [4.69, 9.17) is 0 Å². The summed E-state index contributed by atoms with van der Waals surface area (Å²) in [6, 6.07) is 8.39. The molecule has 0 aromatic heterocycles. The van der Waals surface area contributed by atoms with Crippen LogP contribution in [0.3, 0.4) is 0 Å². The molecule has 0 heterocycles. The summed E-state index contributed by atoms with van der Waals surface area (Å²) in [6.07, 6.45) is 4.03. The zero-order chi connectivity index (χ0) is 15.0. The van der Waals surface area contributed by atoms with Gasteiger partial charge in [0.15, 0.2) is 9.84 Å². The number of sulfone groups is 1. The van der Waals surface area contributed by atoms with Crippen molar-refractivity contribution in [1.82, 2.24) is 0 Å². The molecule has 1 aromatic rings. The van der Waals surface area contributed by atoms with Gasteiger partial charge in [0.1, 0.15) is 0 Å². The molecule has 20 heavy (non-hydrogen) atoms. The van der Waals surface area contributed by atoms with Gasteiger partial charge in [0.05, 0.1) is 5.25 Å². The molecular weight excluding hydrogens is 270 g/mol. The quantitative estimate of drug-likeness (QED) is 0.930. The molecule has 2 rings (SSSR count). The summed E-state index contributed by atoms with van der Waals surface area (Å²) >= 11 is 0. The number of hydrogen-bond acceptors (Lipinski definition) is 3. The van der Waals surface area contributed by atoms with E-state index < -0.39 is 9.84 Å². The number of rotatable bonds is 3. The average molecular weight is 295 g/mol. The van der Waals surface area contributed by atoms with Crippen LogP contribution < -0.4 is 5.32 Å². The number of nitrogens with one attached hydrogen (secondary N) is 1. The molecule has 0 saturated heterocycles. The van der Waals surface area contributed by atoms with Gasteiger partial charge in [0.2, 0.25) is 0 Å². The molecular formula is C16H25NO2S. The lowest BCUT2D eigenvalue weighted by Crippen LogP contribution is -2.34. The first-order valence-electron chi connectivity index (χ1n) is 7.24. The van der Waals surface area contributed by atoms with Crippen molar-refractivity contribution in [1.29, 1.82) is 0 Å². The van der Waals surface area contributed by atoms with Crippen molar-refractivity contribution in [2.45, 2.75) is 56.7 Å². The molecule has 0 amide bonds. The van der Waals surface area contributed by atoms with Gasteiger partial charge in [0, 0.05) is 18.0 Å². The molecule has 4 heteroatoms. The third-order valence-corrected chi connectivity index (χ3v) is 5.77. The van der Waals surface area contributed by atoms with Crippen molar-refractivity contribution >= 4 is 15.5 Å². The van der Waals surface area contributed by atoms with Crippen LogP contribution in [0, 0.1) is 0 Å². The minimum atomic E-state index is -2.97. The first-order valence-corrected chi connectivity index (χ1v) is 9.19. The summed E-state index contributed by atoms with van der Waals surface area (Å²) in [5, 5.41) is 3.15. The van der Waals surface area contributed by atoms with Crippen molar-refractivity contribution in [3.05, 3.63) is 29.8 Å². The van der Waals surface area contributed by atoms with E-state index in [-0.39, 0.29) is 16.7 Å². The Morgan fingerprint density at radius 2 is 1.70 bits per heavy atom. The lowest BCUT2D eigenvalue weighted by Gasteiger charge is -2.22. The van der Waals surface area contributed by atoms with Gasteiger partial charge in [-0.25, -0.2) is 8.42 Å². The molecule has 1 aliphatic rings. The van der Waals surface area contributed by atoms with E-state index in [1.807, 2.05) is 0 Å². The SMILES string of the molecule is CC(C)(C)c1ccc(NC2CCCC2S(C)(=O)=O)cc1. The highest BCUT2D eigenvalue weighted by Crippen LogP contribution is 2.29. The van der Waals surface area contributed by atoms with Gasteiger partial charge < -0.3 is 5.32 Å². The molecule has 0 aliphatic heterocycles. The normalized spacial score (nSPS) is 23.8. The predicted octanol–water partition coefficient (Wildman–Crippen LogP) is 3.36. The number of benzene rings is 1. The summed E-state index contributed by atoms with van der Waals surface area (Å²) in [4.78, 5) is 0. The van der Waals surface area contributed by atoms with Crippen molar-refractivity contribution in [3.63, 3.8) is 0 Å². The Hall–Kier alpha value is -1.03. The monoisotopic (exact) mass is 295 g/mol. The van der Waals surface area contributed by atoms with Crippen molar-refractivity contribution in [3.8, 4) is 0 Å². The summed E-state index contributed by atoms with van der Waals surface area (Å²) in [6.45, 7) is 6.56. The molecule has 0 spiro atoms. The van der Waals surface area contributed by atoms with Gasteiger partial charge in [-0.05, 0) is 42.4 Å². The van der Waals surface area contributed by atoms with E-state index >= 15 is 0 Å². The van der Waals surface area contributed by atoms with Crippen LogP contribution in [0.15, 0.2) is 24.3 Å². The minimum Gasteiger partial charge on any atom is -0.381 e. The Bertz CT molecular complexity index is 555. The summed E-state index contributed by atoms with van der Waals surface area (Å²) in [5.41, 5.74) is 2.44. The lowest BCUT2D eigenvalue weighted by atomic mass is 9.87. The molecule has 2 atom stereocenters. The first-order chi connectivity index (χ1) is 9.18. The molecule has 0 bridgehead atoms. The Morgan fingerprint density at radius 1 is 1.10 bits per heavy atom. The summed E-state index contributed by atoms with van der Waals surface area (Å²) in [7, 11) is -2.97. The van der Waals surface area contributed by atoms with Gasteiger partial charge in [-0.2, -0.15) is 0 Å². The fraction of sp³-hybridized carbons (Fsp3) is 0.625. The molecule has 1 aliphatic carbocycles. The molecule has 2 unspecified atom stereocenters. The largest absolute Gasteiger partial charge is 0.381 e. The second-order valence-corrected chi connectivity index (χ2v) is 9.14. The van der Waals surface area contributed by atoms with Crippen LogP contribution in [0.25, 0.3) is 0 Å². The fourth-order valence-corrected chi connectivity index (χ4v) is 4.28. The van der Waals surface area contributed by atoms with Gasteiger partial charge >= 0.3 is 0 Å². The van der Waals surface area contributed by atoms with Crippen LogP contribution in [-0.2, 0) is 15.3 Å². The smallest absolute Gasteiger partial charge is 0.152 e. The van der Waals surface area contributed by atoms with E-state index in [1.54, 1.807) is 0 Å². The Kier molecular flexibility index (Phi) is 4.14. The highest BCUT2D eigenvalue weighted by molar-refractivity contribution is 7.91. The first kappa shape index (κ1) is 15.4. The topological polar surface area (TPSA) is 46.2 Å². The predicted molar refractivity (Wildman–Crippen MR) is 85.0 cm³/mol. The fourth-order valence-electron chi connectivity index (χ4n) is 2.88. The van der Waals surface area contributed by atoms with E-state index in [0.29, 0.717) is 0 Å². The van der Waals surface area contributed by atoms with Crippen LogP contribution in [0.5, 0.6) is 0 Å². The maximum absolute atomic E-state index is 11.8. The average Bonchev–Trinajstić information content (AvgIpc) is 2.76. The molecule has 0 radical (unpaired) electrons.